The maximum absolute atomic E-state index is 12.7. The number of Topliss-reactive ketones (excluding diaryl/α,β-unsaturated/α-hetero) is 2. The number of carbonyl (C=O) groups excluding carboxylic acids is 4. The third kappa shape index (κ3) is 5.11. The van der Waals surface area contributed by atoms with E-state index in [1.54, 1.807) is 11.8 Å². The zero-order chi connectivity index (χ0) is 25.6. The number of para-hydroxylation sites is 1. The number of nitrogens with zero attached hydrogens (tertiary/aromatic N) is 4. The van der Waals surface area contributed by atoms with Crippen LogP contribution in [0.15, 0.2) is 24.3 Å². The van der Waals surface area contributed by atoms with Crippen LogP contribution in [0.1, 0.15) is 57.9 Å². The molecule has 4 saturated heterocycles. The van der Waals surface area contributed by atoms with Crippen LogP contribution in [0.2, 0.25) is 0 Å². The number of likely N-dealkylation sites (tertiary alicyclic amines) is 1. The predicted octanol–water partition coefficient (Wildman–Crippen LogP) is 2.20. The number of rotatable bonds is 3. The molecule has 0 bridgehead atoms. The molecule has 1 spiro atoms. The van der Waals surface area contributed by atoms with Gasteiger partial charge in [0.25, 0.3) is 0 Å². The van der Waals surface area contributed by atoms with Crippen LogP contribution in [0.3, 0.4) is 0 Å². The topological polar surface area (TPSA) is 81.2 Å². The molecular weight excluding hydrogens is 545 g/mol. The van der Waals surface area contributed by atoms with Crippen molar-refractivity contribution in [2.75, 3.05) is 31.6 Å². The zero-order valence-corrected chi connectivity index (χ0v) is 25.0. The summed E-state index contributed by atoms with van der Waals surface area (Å²) < 4.78 is 0. The molecule has 0 aromatic heterocycles. The average molecular weight is 583 g/mol. The monoisotopic (exact) mass is 582 g/mol. The van der Waals surface area contributed by atoms with E-state index < -0.39 is 0 Å². The van der Waals surface area contributed by atoms with Gasteiger partial charge in [0.2, 0.25) is 11.8 Å². The van der Waals surface area contributed by atoms with Gasteiger partial charge in [0.05, 0.1) is 18.6 Å². The van der Waals surface area contributed by atoms with Crippen molar-refractivity contribution in [1.29, 1.82) is 0 Å². The molecule has 5 aliphatic heterocycles. The molecule has 1 radical (unpaired) electrons. The van der Waals surface area contributed by atoms with Gasteiger partial charge in [-0.15, -0.1) is 6.54 Å². The van der Waals surface area contributed by atoms with Crippen molar-refractivity contribution >= 4 is 29.1 Å². The molecule has 197 valence electrons. The van der Waals surface area contributed by atoms with Crippen LogP contribution in [0.5, 0.6) is 0 Å². The van der Waals surface area contributed by atoms with Gasteiger partial charge in [-0.3, -0.25) is 24.1 Å². The summed E-state index contributed by atoms with van der Waals surface area (Å²) in [5, 5.41) is 0. The minimum absolute atomic E-state index is 0. The summed E-state index contributed by atoms with van der Waals surface area (Å²) in [5.41, 5.74) is 1.74. The van der Waals surface area contributed by atoms with Crippen molar-refractivity contribution in [2.45, 2.75) is 82.6 Å². The Bertz CT molecular complexity index is 1080. The van der Waals surface area contributed by atoms with Gasteiger partial charge in [-0.2, -0.15) is 6.42 Å². The summed E-state index contributed by atoms with van der Waals surface area (Å²) in [6, 6.07) is 7.94. The van der Waals surface area contributed by atoms with Crippen molar-refractivity contribution in [3.8, 4) is 0 Å². The van der Waals surface area contributed by atoms with Crippen LogP contribution in [-0.2, 0) is 58.4 Å². The summed E-state index contributed by atoms with van der Waals surface area (Å²) in [5.74, 6) is 0.436. The number of carbonyl (C=O) groups is 4. The van der Waals surface area contributed by atoms with E-state index in [0.717, 1.165) is 69.4 Å². The summed E-state index contributed by atoms with van der Waals surface area (Å²) >= 11 is 0. The number of fused-ring (bicyclic) bond motifs is 3. The van der Waals surface area contributed by atoms with Crippen LogP contribution in [-0.4, -0.2) is 88.4 Å². The number of benzene rings is 1. The fourth-order valence-corrected chi connectivity index (χ4v) is 6.97. The number of hydrogen-bond donors (Lipinski definition) is 0. The quantitative estimate of drug-likeness (QED) is 0.509. The minimum Gasteiger partial charge on any atom is -0.328 e. The smallest absolute Gasteiger partial charge is 0.244 e. The number of amides is 2. The normalized spacial score (nSPS) is 30.8. The Labute approximate surface area is 245 Å². The van der Waals surface area contributed by atoms with Crippen molar-refractivity contribution in [3.05, 3.63) is 36.2 Å². The van der Waals surface area contributed by atoms with E-state index in [9.17, 15) is 19.2 Å². The van der Waals surface area contributed by atoms with E-state index in [1.807, 2.05) is 29.2 Å². The first-order valence-corrected chi connectivity index (χ1v) is 13.2. The molecule has 1 aromatic carbocycles. The maximum atomic E-state index is 12.7. The number of likely N-dealkylation sites (N-methyl/N-ethyl adjacent to an activating group) is 1. The van der Waals surface area contributed by atoms with E-state index in [-0.39, 0.29) is 80.3 Å². The fourth-order valence-electron chi connectivity index (χ4n) is 6.97. The summed E-state index contributed by atoms with van der Waals surface area (Å²) in [7, 11) is 2.05. The average Bonchev–Trinajstić information content (AvgIpc) is 3.60. The first-order chi connectivity index (χ1) is 17.2. The Balaban J connectivity index is 0.000000169. The van der Waals surface area contributed by atoms with Crippen LogP contribution in [0.4, 0.5) is 5.69 Å². The molecule has 4 fully saturated rings. The summed E-state index contributed by atoms with van der Waals surface area (Å²) in [4.78, 5) is 56.3. The van der Waals surface area contributed by atoms with Gasteiger partial charge in [-0.05, 0) is 71.2 Å². The number of anilines is 1. The fraction of sp³-hybridized carbons (Fsp3) is 0.607. The van der Waals surface area contributed by atoms with E-state index in [2.05, 4.69) is 23.3 Å². The number of ketones is 2. The Morgan fingerprint density at radius 1 is 1.14 bits per heavy atom. The predicted molar refractivity (Wildman–Crippen MR) is 136 cm³/mol. The largest absolute Gasteiger partial charge is 0.328 e. The van der Waals surface area contributed by atoms with E-state index in [1.165, 1.54) is 6.92 Å². The van der Waals surface area contributed by atoms with Crippen molar-refractivity contribution in [3.63, 3.8) is 0 Å². The van der Waals surface area contributed by atoms with Gasteiger partial charge >= 0.3 is 0 Å². The van der Waals surface area contributed by atoms with Gasteiger partial charge in [-0.1, -0.05) is 18.2 Å². The molecule has 5 aliphatic rings. The molecule has 8 nitrogen and oxygen atoms in total. The minimum atomic E-state index is -0.265. The molecule has 9 heteroatoms. The van der Waals surface area contributed by atoms with Gasteiger partial charge in [0, 0.05) is 51.0 Å². The second kappa shape index (κ2) is 11.3. The van der Waals surface area contributed by atoms with Gasteiger partial charge < -0.3 is 21.1 Å². The molecular formula is C28H37N4O4Y-. The molecule has 4 atom stereocenters. The third-order valence-electron chi connectivity index (χ3n) is 8.77. The second-order valence-corrected chi connectivity index (χ2v) is 11.1. The first kappa shape index (κ1) is 28.5. The van der Waals surface area contributed by atoms with Crippen molar-refractivity contribution in [2.24, 2.45) is 0 Å². The molecule has 4 unspecified atom stereocenters. The Morgan fingerprint density at radius 3 is 2.57 bits per heavy atom. The summed E-state index contributed by atoms with van der Waals surface area (Å²) in [6.07, 6.45) is 7.81. The van der Waals surface area contributed by atoms with E-state index in [4.69, 9.17) is 0 Å². The molecule has 2 amide bonds. The molecule has 0 aliphatic carbocycles. The van der Waals surface area contributed by atoms with Crippen molar-refractivity contribution in [1.82, 2.24) is 14.7 Å². The Kier molecular flexibility index (Phi) is 8.73. The molecule has 5 heterocycles. The molecule has 0 saturated carbocycles. The zero-order valence-electron chi connectivity index (χ0n) is 22.2. The third-order valence-corrected chi connectivity index (χ3v) is 8.77. The van der Waals surface area contributed by atoms with Gasteiger partial charge in [0.1, 0.15) is 11.3 Å². The Hall–Kier alpha value is -1.48. The van der Waals surface area contributed by atoms with E-state index in [0.29, 0.717) is 6.04 Å². The van der Waals surface area contributed by atoms with Crippen molar-refractivity contribution < 1.29 is 51.9 Å². The van der Waals surface area contributed by atoms with Crippen LogP contribution >= 0.6 is 0 Å². The molecule has 37 heavy (non-hydrogen) atoms. The van der Waals surface area contributed by atoms with Crippen LogP contribution < -0.4 is 4.90 Å². The molecule has 0 N–H and O–H groups in total. The Morgan fingerprint density at radius 2 is 1.89 bits per heavy atom. The maximum Gasteiger partial charge on any atom is 0.244 e. The molecule has 6 rings (SSSR count). The van der Waals surface area contributed by atoms with Crippen LogP contribution in [0.25, 0.3) is 0 Å². The number of hydrogen-bond acceptors (Lipinski definition) is 6. The first-order valence-electron chi connectivity index (χ1n) is 13.2. The van der Waals surface area contributed by atoms with Crippen LogP contribution in [0, 0.1) is 6.42 Å². The molecule has 1 aromatic rings. The summed E-state index contributed by atoms with van der Waals surface area (Å²) in [6.45, 7) is 5.94. The second-order valence-electron chi connectivity index (χ2n) is 11.1. The standard InChI is InChI=1S/C15H17N2O2.C13H20N2O2.Y/c1-11(18)9-17-13-6-3-2-5-12(13)10-16-8-4-7-14(16)15(17)19;1-9(16)11-5-4-10-8-13(12(17)15(10)11)6-3-7-14(13)2;/h2-6,14H,7-10H2,1H3;10-11H,3-8H2,1-2H3;/q-1;;. The van der Waals surface area contributed by atoms with Gasteiger partial charge in [0.15, 0.2) is 5.78 Å². The van der Waals surface area contributed by atoms with E-state index >= 15 is 0 Å². The SMILES string of the molecule is CC(=O)C1CCC2CC3(CCCN3C)C(=O)N21.CC(=O)CN1C(=O)C2C[CH-]CN2Cc2ccccc21.[Y]. The van der Waals surface area contributed by atoms with Gasteiger partial charge in [-0.25, -0.2) is 0 Å².